The zero-order valence-corrected chi connectivity index (χ0v) is 24.7. The molecule has 1 nitrogen and oxygen atoms in total. The molecule has 0 radical (unpaired) electrons. The fraction of sp³-hybridized carbons (Fsp3) is 0.0811. The highest BCUT2D eigenvalue weighted by Gasteiger charge is 2.39. The van der Waals surface area contributed by atoms with Gasteiger partial charge in [0.15, 0.2) is 0 Å². The maximum atomic E-state index is 4.06. The summed E-state index contributed by atoms with van der Waals surface area (Å²) in [6.45, 7) is 4.70. The van der Waals surface area contributed by atoms with Gasteiger partial charge in [-0.15, -0.1) is 11.3 Å². The number of hydrogen-bond donors (Lipinski definition) is 0. The SMILES string of the molecule is CC1(C)c2ccc3ccccc3c2-c2cc(N(c3ccccc3)c3cccc4c3sc3ccccc34)cc(Br)c21. The fourth-order valence-electron chi connectivity index (χ4n) is 6.68. The van der Waals surface area contributed by atoms with E-state index in [2.05, 4.69) is 156 Å². The number of para-hydroxylation sites is 1. The van der Waals surface area contributed by atoms with Crippen LogP contribution >= 0.6 is 27.3 Å². The molecule has 1 aromatic heterocycles. The molecular weight excluding hydrogens is 570 g/mol. The average Bonchev–Trinajstić information content (AvgIpc) is 3.47. The monoisotopic (exact) mass is 595 g/mol. The third-order valence-corrected chi connectivity index (χ3v) is 10.3. The minimum absolute atomic E-state index is 0.102. The second-order valence-corrected chi connectivity index (χ2v) is 13.0. The van der Waals surface area contributed by atoms with Crippen molar-refractivity contribution in [3.8, 4) is 11.1 Å². The van der Waals surface area contributed by atoms with Crippen LogP contribution in [0.5, 0.6) is 0 Å². The minimum Gasteiger partial charge on any atom is -0.309 e. The third-order valence-electron chi connectivity index (χ3n) is 8.47. The van der Waals surface area contributed by atoms with E-state index in [1.54, 1.807) is 0 Å². The van der Waals surface area contributed by atoms with E-state index in [0.29, 0.717) is 0 Å². The number of thiophene rings is 1. The van der Waals surface area contributed by atoms with Gasteiger partial charge in [0.2, 0.25) is 0 Å². The smallest absolute Gasteiger partial charge is 0.0640 e. The Hall–Kier alpha value is -3.92. The summed E-state index contributed by atoms with van der Waals surface area (Å²) in [6.07, 6.45) is 0. The lowest BCUT2D eigenvalue weighted by molar-refractivity contribution is 0.657. The van der Waals surface area contributed by atoms with Gasteiger partial charge in [0, 0.05) is 36.7 Å². The van der Waals surface area contributed by atoms with Crippen molar-refractivity contribution in [3.63, 3.8) is 0 Å². The van der Waals surface area contributed by atoms with Gasteiger partial charge in [0.1, 0.15) is 0 Å². The molecular formula is C37H26BrNS. The van der Waals surface area contributed by atoms with Crippen LogP contribution in [0.15, 0.2) is 126 Å². The van der Waals surface area contributed by atoms with Gasteiger partial charge in [0.25, 0.3) is 0 Å². The van der Waals surface area contributed by atoms with Crippen LogP contribution in [0.2, 0.25) is 0 Å². The predicted molar refractivity (Wildman–Crippen MR) is 177 cm³/mol. The van der Waals surface area contributed by atoms with Crippen molar-refractivity contribution in [2.45, 2.75) is 19.3 Å². The summed E-state index contributed by atoms with van der Waals surface area (Å²) in [7, 11) is 0. The van der Waals surface area contributed by atoms with Crippen LogP contribution in [0.4, 0.5) is 17.1 Å². The molecule has 7 aromatic rings. The van der Waals surface area contributed by atoms with Crippen LogP contribution in [0.3, 0.4) is 0 Å². The van der Waals surface area contributed by atoms with Crippen LogP contribution < -0.4 is 4.90 Å². The van der Waals surface area contributed by atoms with E-state index in [0.717, 1.165) is 15.8 Å². The molecule has 1 heterocycles. The van der Waals surface area contributed by atoms with Crippen LogP contribution in [0.1, 0.15) is 25.0 Å². The molecule has 0 saturated heterocycles. The van der Waals surface area contributed by atoms with Gasteiger partial charge in [-0.25, -0.2) is 0 Å². The number of rotatable bonds is 3. The van der Waals surface area contributed by atoms with Crippen LogP contribution in [-0.4, -0.2) is 0 Å². The number of nitrogens with zero attached hydrogens (tertiary/aromatic N) is 1. The summed E-state index contributed by atoms with van der Waals surface area (Å²) >= 11 is 5.94. The van der Waals surface area contributed by atoms with E-state index in [1.807, 2.05) is 11.3 Å². The molecule has 0 bridgehead atoms. The first-order chi connectivity index (χ1) is 19.5. The van der Waals surface area contributed by atoms with Crippen molar-refractivity contribution in [2.24, 2.45) is 0 Å². The summed E-state index contributed by atoms with van der Waals surface area (Å²) in [4.78, 5) is 2.43. The van der Waals surface area contributed by atoms with Gasteiger partial charge in [-0.2, -0.15) is 0 Å². The van der Waals surface area contributed by atoms with E-state index >= 15 is 0 Å². The zero-order valence-electron chi connectivity index (χ0n) is 22.3. The molecule has 0 amide bonds. The Labute approximate surface area is 246 Å². The van der Waals surface area contributed by atoms with E-state index in [1.165, 1.54) is 58.9 Å². The Morgan fingerprint density at radius 2 is 1.38 bits per heavy atom. The number of halogens is 1. The molecule has 192 valence electrons. The maximum absolute atomic E-state index is 4.06. The van der Waals surface area contributed by atoms with Crippen LogP contribution in [-0.2, 0) is 5.41 Å². The largest absolute Gasteiger partial charge is 0.309 e. The molecule has 0 aliphatic heterocycles. The molecule has 40 heavy (non-hydrogen) atoms. The van der Waals surface area contributed by atoms with Crippen molar-refractivity contribution in [2.75, 3.05) is 4.90 Å². The predicted octanol–water partition coefficient (Wildman–Crippen LogP) is 11.7. The fourth-order valence-corrected chi connectivity index (χ4v) is 8.83. The Morgan fingerprint density at radius 3 is 2.23 bits per heavy atom. The highest BCUT2D eigenvalue weighted by Crippen LogP contribution is 2.56. The lowest BCUT2D eigenvalue weighted by atomic mass is 9.82. The quantitative estimate of drug-likeness (QED) is 0.196. The first-order valence-corrected chi connectivity index (χ1v) is 15.3. The Bertz CT molecular complexity index is 2110. The zero-order chi connectivity index (χ0) is 27.0. The lowest BCUT2D eigenvalue weighted by Crippen LogP contribution is -2.16. The number of fused-ring (bicyclic) bond motifs is 8. The van der Waals surface area contributed by atoms with E-state index < -0.39 is 0 Å². The molecule has 0 spiro atoms. The van der Waals surface area contributed by atoms with E-state index in [9.17, 15) is 0 Å². The van der Waals surface area contributed by atoms with Gasteiger partial charge in [-0.3, -0.25) is 0 Å². The summed E-state index contributed by atoms with van der Waals surface area (Å²) < 4.78 is 3.76. The highest BCUT2D eigenvalue weighted by atomic mass is 79.9. The normalized spacial score (nSPS) is 13.6. The first kappa shape index (κ1) is 23.9. The second kappa shape index (κ2) is 8.79. The maximum Gasteiger partial charge on any atom is 0.0640 e. The number of anilines is 3. The van der Waals surface area contributed by atoms with Crippen molar-refractivity contribution < 1.29 is 0 Å². The van der Waals surface area contributed by atoms with Gasteiger partial charge in [-0.05, 0) is 69.4 Å². The molecule has 6 aromatic carbocycles. The molecule has 3 heteroatoms. The van der Waals surface area contributed by atoms with Crippen molar-refractivity contribution in [1.82, 2.24) is 0 Å². The average molecular weight is 597 g/mol. The van der Waals surface area contributed by atoms with Gasteiger partial charge >= 0.3 is 0 Å². The van der Waals surface area contributed by atoms with Crippen LogP contribution in [0, 0.1) is 0 Å². The molecule has 0 fully saturated rings. The van der Waals surface area contributed by atoms with Gasteiger partial charge < -0.3 is 4.90 Å². The Morgan fingerprint density at radius 1 is 0.650 bits per heavy atom. The Balaban J connectivity index is 1.44. The van der Waals surface area contributed by atoms with Crippen molar-refractivity contribution >= 4 is 75.3 Å². The Kier molecular flexibility index (Phi) is 5.26. The molecule has 0 N–H and O–H groups in total. The minimum atomic E-state index is -0.102. The molecule has 8 rings (SSSR count). The van der Waals surface area contributed by atoms with Crippen molar-refractivity contribution in [3.05, 3.63) is 137 Å². The van der Waals surface area contributed by atoms with E-state index in [4.69, 9.17) is 0 Å². The summed E-state index contributed by atoms with van der Waals surface area (Å²) in [5, 5.41) is 5.21. The molecule has 1 aliphatic rings. The third kappa shape index (κ3) is 3.38. The lowest BCUT2D eigenvalue weighted by Gasteiger charge is -2.28. The first-order valence-electron chi connectivity index (χ1n) is 13.6. The number of hydrogen-bond acceptors (Lipinski definition) is 2. The van der Waals surface area contributed by atoms with Crippen LogP contribution in [0.25, 0.3) is 42.1 Å². The summed E-state index contributed by atoms with van der Waals surface area (Å²) in [5.74, 6) is 0. The second-order valence-electron chi connectivity index (χ2n) is 11.1. The van der Waals surface area contributed by atoms with Gasteiger partial charge in [0.05, 0.1) is 10.4 Å². The molecule has 0 saturated carbocycles. The number of benzene rings is 6. The molecule has 1 aliphatic carbocycles. The topological polar surface area (TPSA) is 3.24 Å². The summed E-state index contributed by atoms with van der Waals surface area (Å²) in [5.41, 5.74) is 8.81. The highest BCUT2D eigenvalue weighted by molar-refractivity contribution is 9.10. The van der Waals surface area contributed by atoms with Crippen molar-refractivity contribution in [1.29, 1.82) is 0 Å². The standard InChI is InChI=1S/C37H26BrNS/c1-37(2)30-20-19-23-11-6-7-14-26(23)34(30)29-21-25(22-31(38)35(29)37)39(24-12-4-3-5-13-24)32-17-10-16-28-27-15-8-9-18-33(27)40-36(28)32/h3-22H,1-2H3. The van der Waals surface area contributed by atoms with E-state index in [-0.39, 0.29) is 5.41 Å². The van der Waals surface area contributed by atoms with Gasteiger partial charge in [-0.1, -0.05) is 115 Å². The molecule has 0 atom stereocenters. The summed E-state index contributed by atoms with van der Waals surface area (Å²) in [6, 6.07) is 44.3. The molecule has 0 unspecified atom stereocenters.